The van der Waals surface area contributed by atoms with Crippen molar-refractivity contribution in [3.63, 3.8) is 0 Å². The number of aliphatic hydroxyl groups excluding tert-OH is 1. The first kappa shape index (κ1) is 15.6. The smallest absolute Gasteiger partial charge is 0.241 e. The second-order valence-electron chi connectivity index (χ2n) is 4.42. The lowest BCUT2D eigenvalue weighted by atomic mass is 10.1. The van der Waals surface area contributed by atoms with E-state index in [1.807, 2.05) is 20.8 Å². The van der Waals surface area contributed by atoms with Gasteiger partial charge in [0, 0.05) is 23.4 Å². The number of thiophene rings is 1. The normalized spacial score (nSPS) is 12.9. The second kappa shape index (κ2) is 6.12. The third-order valence-electron chi connectivity index (χ3n) is 2.32. The first-order valence-corrected chi connectivity index (χ1v) is 7.99. The molecule has 5 nitrogen and oxygen atoms in total. The maximum Gasteiger partial charge on any atom is 0.241 e. The topological polar surface area (TPSA) is 75.6 Å². The van der Waals surface area contributed by atoms with Gasteiger partial charge in [0.15, 0.2) is 0 Å². The summed E-state index contributed by atoms with van der Waals surface area (Å²) >= 11 is 1.22. The van der Waals surface area contributed by atoms with Gasteiger partial charge in [-0.3, -0.25) is 0 Å². The molecule has 1 aromatic rings. The summed E-state index contributed by atoms with van der Waals surface area (Å²) in [7, 11) is -3.53. The molecule has 0 saturated heterocycles. The highest BCUT2D eigenvalue weighted by Gasteiger charge is 2.23. The minimum atomic E-state index is -3.53. The van der Waals surface area contributed by atoms with Crippen LogP contribution in [-0.2, 0) is 21.4 Å². The summed E-state index contributed by atoms with van der Waals surface area (Å²) in [4.78, 5) is 0.809. The van der Waals surface area contributed by atoms with Gasteiger partial charge < -0.3 is 9.84 Å². The highest BCUT2D eigenvalue weighted by Crippen LogP contribution is 2.19. The molecular weight excluding hydrogens is 274 g/mol. The zero-order chi connectivity index (χ0) is 13.8. The summed E-state index contributed by atoms with van der Waals surface area (Å²) in [6.45, 7) is 6.10. The molecule has 0 radical (unpaired) electrons. The van der Waals surface area contributed by atoms with Gasteiger partial charge in [0.2, 0.25) is 10.0 Å². The predicted molar refractivity (Wildman–Crippen MR) is 71.1 cm³/mol. The summed E-state index contributed by atoms with van der Waals surface area (Å²) in [5, 5.41) is 10.4. The molecule has 1 aromatic heterocycles. The minimum Gasteiger partial charge on any atom is -0.391 e. The standard InChI is InChI=1S/C11H19NO4S2/c1-4-16-11(2,3)8-12-18(14,15)10-5-9(6-13)17-7-10/h5,7,12-13H,4,6,8H2,1-3H3. The Kier molecular flexibility index (Phi) is 5.30. The van der Waals surface area contributed by atoms with E-state index >= 15 is 0 Å². The molecular formula is C11H19NO4S2. The second-order valence-corrected chi connectivity index (χ2v) is 7.19. The van der Waals surface area contributed by atoms with E-state index in [1.165, 1.54) is 22.8 Å². The molecule has 104 valence electrons. The summed E-state index contributed by atoms with van der Waals surface area (Å²) < 4.78 is 31.9. The Labute approximate surface area is 112 Å². The van der Waals surface area contributed by atoms with Crippen molar-refractivity contribution in [2.24, 2.45) is 0 Å². The van der Waals surface area contributed by atoms with Gasteiger partial charge >= 0.3 is 0 Å². The van der Waals surface area contributed by atoms with Crippen molar-refractivity contribution < 1.29 is 18.3 Å². The number of hydrogen-bond donors (Lipinski definition) is 2. The molecule has 0 aromatic carbocycles. The number of aliphatic hydroxyl groups is 1. The first-order chi connectivity index (χ1) is 8.30. The molecule has 7 heteroatoms. The molecule has 2 N–H and O–H groups in total. The average Bonchev–Trinajstić information content (AvgIpc) is 2.76. The van der Waals surface area contributed by atoms with Crippen LogP contribution in [0.5, 0.6) is 0 Å². The van der Waals surface area contributed by atoms with Crippen molar-refractivity contribution in [3.8, 4) is 0 Å². The molecule has 0 saturated carbocycles. The Morgan fingerprint density at radius 3 is 2.67 bits per heavy atom. The van der Waals surface area contributed by atoms with Crippen molar-refractivity contribution in [2.75, 3.05) is 13.2 Å². The van der Waals surface area contributed by atoms with Crippen LogP contribution in [0.1, 0.15) is 25.6 Å². The average molecular weight is 293 g/mol. The molecule has 0 aliphatic carbocycles. The zero-order valence-corrected chi connectivity index (χ0v) is 12.4. The van der Waals surface area contributed by atoms with Gasteiger partial charge in [0.1, 0.15) is 0 Å². The lowest BCUT2D eigenvalue weighted by molar-refractivity contribution is -0.00514. The zero-order valence-electron chi connectivity index (χ0n) is 10.8. The Hall–Kier alpha value is -0.470. The van der Waals surface area contributed by atoms with Gasteiger partial charge in [-0.1, -0.05) is 0 Å². The van der Waals surface area contributed by atoms with E-state index < -0.39 is 15.6 Å². The van der Waals surface area contributed by atoms with Crippen LogP contribution in [0.2, 0.25) is 0 Å². The van der Waals surface area contributed by atoms with Crippen molar-refractivity contribution in [3.05, 3.63) is 16.3 Å². The number of nitrogens with one attached hydrogen (secondary N) is 1. The first-order valence-electron chi connectivity index (χ1n) is 5.62. The molecule has 1 rings (SSSR count). The molecule has 1 heterocycles. The highest BCUT2D eigenvalue weighted by molar-refractivity contribution is 7.89. The molecule has 0 spiro atoms. The lowest BCUT2D eigenvalue weighted by Crippen LogP contribution is -2.40. The summed E-state index contributed by atoms with van der Waals surface area (Å²) in [5.41, 5.74) is -0.544. The van der Waals surface area contributed by atoms with Crippen molar-refractivity contribution in [1.29, 1.82) is 0 Å². The Morgan fingerprint density at radius 2 is 2.17 bits per heavy atom. The largest absolute Gasteiger partial charge is 0.391 e. The maximum atomic E-state index is 12.0. The van der Waals surface area contributed by atoms with E-state index in [0.29, 0.717) is 11.5 Å². The Morgan fingerprint density at radius 1 is 1.50 bits per heavy atom. The van der Waals surface area contributed by atoms with E-state index in [9.17, 15) is 8.42 Å². The van der Waals surface area contributed by atoms with Crippen LogP contribution in [0, 0.1) is 0 Å². The number of rotatable bonds is 7. The third-order valence-corrected chi connectivity index (χ3v) is 4.77. The highest BCUT2D eigenvalue weighted by atomic mass is 32.2. The lowest BCUT2D eigenvalue weighted by Gasteiger charge is -2.24. The van der Waals surface area contributed by atoms with Gasteiger partial charge in [0.05, 0.1) is 17.1 Å². The van der Waals surface area contributed by atoms with Crippen molar-refractivity contribution in [2.45, 2.75) is 37.9 Å². The van der Waals surface area contributed by atoms with Gasteiger partial charge in [-0.2, -0.15) is 0 Å². The van der Waals surface area contributed by atoms with Crippen LogP contribution in [0.15, 0.2) is 16.3 Å². The van der Waals surface area contributed by atoms with Crippen LogP contribution in [-0.4, -0.2) is 32.3 Å². The third kappa shape index (κ3) is 4.33. The monoisotopic (exact) mass is 293 g/mol. The van der Waals surface area contributed by atoms with Gasteiger partial charge in [-0.15, -0.1) is 11.3 Å². The van der Waals surface area contributed by atoms with E-state index in [-0.39, 0.29) is 18.0 Å². The molecule has 0 fully saturated rings. The van der Waals surface area contributed by atoms with Crippen molar-refractivity contribution in [1.82, 2.24) is 4.72 Å². The van der Waals surface area contributed by atoms with Gasteiger partial charge in [-0.05, 0) is 26.8 Å². The fraction of sp³-hybridized carbons (Fsp3) is 0.636. The quantitative estimate of drug-likeness (QED) is 0.795. The fourth-order valence-corrected chi connectivity index (χ4v) is 3.71. The Balaban J connectivity index is 2.71. The SMILES string of the molecule is CCOC(C)(C)CNS(=O)(=O)c1csc(CO)c1. The Bertz CT molecular complexity index is 479. The van der Waals surface area contributed by atoms with Crippen LogP contribution >= 0.6 is 11.3 Å². The summed E-state index contributed by atoms with van der Waals surface area (Å²) in [5.74, 6) is 0. The molecule has 0 unspecified atom stereocenters. The van der Waals surface area contributed by atoms with Crippen LogP contribution in [0.3, 0.4) is 0 Å². The van der Waals surface area contributed by atoms with Gasteiger partial charge in [-0.25, -0.2) is 13.1 Å². The number of hydrogen-bond acceptors (Lipinski definition) is 5. The maximum absolute atomic E-state index is 12.0. The summed E-state index contributed by atoms with van der Waals surface area (Å²) in [6, 6.07) is 1.47. The predicted octanol–water partition coefficient (Wildman–Crippen LogP) is 1.33. The fourth-order valence-electron chi connectivity index (χ4n) is 1.38. The van der Waals surface area contributed by atoms with Crippen molar-refractivity contribution >= 4 is 21.4 Å². The van der Waals surface area contributed by atoms with E-state index in [4.69, 9.17) is 9.84 Å². The summed E-state index contributed by atoms with van der Waals surface area (Å²) in [6.07, 6.45) is 0. The van der Waals surface area contributed by atoms with Crippen LogP contribution < -0.4 is 4.72 Å². The molecule has 0 aliphatic heterocycles. The molecule has 0 bridgehead atoms. The number of ether oxygens (including phenoxy) is 1. The van der Waals surface area contributed by atoms with E-state index in [1.54, 1.807) is 0 Å². The molecule has 18 heavy (non-hydrogen) atoms. The molecule has 0 amide bonds. The van der Waals surface area contributed by atoms with Crippen LogP contribution in [0.4, 0.5) is 0 Å². The number of sulfonamides is 1. The van der Waals surface area contributed by atoms with E-state index in [0.717, 1.165) is 0 Å². The minimum absolute atomic E-state index is 0.148. The van der Waals surface area contributed by atoms with E-state index in [2.05, 4.69) is 4.72 Å². The molecule has 0 aliphatic rings. The van der Waals surface area contributed by atoms with Crippen LogP contribution in [0.25, 0.3) is 0 Å². The van der Waals surface area contributed by atoms with Gasteiger partial charge in [0.25, 0.3) is 0 Å². The molecule has 0 atom stereocenters.